The van der Waals surface area contributed by atoms with Gasteiger partial charge in [0.15, 0.2) is 5.78 Å². The first-order chi connectivity index (χ1) is 12.1. The molecule has 0 fully saturated rings. The number of rotatable bonds is 6. The zero-order valence-corrected chi connectivity index (χ0v) is 15.7. The summed E-state index contributed by atoms with van der Waals surface area (Å²) in [4.78, 5) is 16.8. The first kappa shape index (κ1) is 19.8. The summed E-state index contributed by atoms with van der Waals surface area (Å²) in [6, 6.07) is 13.6. The van der Waals surface area contributed by atoms with E-state index in [9.17, 15) is 4.79 Å². The fourth-order valence-corrected chi connectivity index (χ4v) is 2.65. The Balaban J connectivity index is 0.00000243. The molecule has 136 valence electrons. The fourth-order valence-electron chi connectivity index (χ4n) is 2.65. The largest absolute Gasteiger partial charge is 0.339 e. The van der Waals surface area contributed by atoms with Crippen molar-refractivity contribution in [2.75, 3.05) is 0 Å². The third-order valence-electron chi connectivity index (χ3n) is 4.18. The summed E-state index contributed by atoms with van der Waals surface area (Å²) in [7, 11) is 0. The number of benzene rings is 2. The summed E-state index contributed by atoms with van der Waals surface area (Å²) in [5, 5.41) is 4.00. The summed E-state index contributed by atoms with van der Waals surface area (Å²) in [5.74, 6) is 1.09. The van der Waals surface area contributed by atoms with E-state index in [-0.39, 0.29) is 18.2 Å². The smallest absolute Gasteiger partial charge is 0.227 e. The molecule has 0 atom stereocenters. The molecule has 2 N–H and O–H groups in total. The molecule has 0 unspecified atom stereocenters. The maximum Gasteiger partial charge on any atom is 0.227 e. The van der Waals surface area contributed by atoms with E-state index in [1.807, 2.05) is 56.3 Å². The zero-order chi connectivity index (χ0) is 17.8. The maximum atomic E-state index is 12.4. The molecule has 6 heteroatoms. The normalized spacial score (nSPS) is 10.4. The number of Topliss-reactive ketones (excluding diaryl/α,β-unsaturated/α-hetero) is 1. The van der Waals surface area contributed by atoms with E-state index in [1.165, 1.54) is 0 Å². The third-order valence-corrected chi connectivity index (χ3v) is 4.18. The predicted octanol–water partition coefficient (Wildman–Crippen LogP) is 4.05. The topological polar surface area (TPSA) is 82.0 Å². The summed E-state index contributed by atoms with van der Waals surface area (Å²) in [6.07, 6.45) is 0.776. The van der Waals surface area contributed by atoms with Crippen LogP contribution in [-0.4, -0.2) is 15.9 Å². The van der Waals surface area contributed by atoms with Crippen LogP contribution < -0.4 is 5.73 Å². The van der Waals surface area contributed by atoms with Gasteiger partial charge >= 0.3 is 0 Å². The number of nitrogens with two attached hydrogens (primary N) is 1. The van der Waals surface area contributed by atoms with Gasteiger partial charge in [0, 0.05) is 30.5 Å². The van der Waals surface area contributed by atoms with Crippen molar-refractivity contribution in [1.29, 1.82) is 0 Å². The van der Waals surface area contributed by atoms with E-state index < -0.39 is 0 Å². The second-order valence-corrected chi connectivity index (χ2v) is 6.15. The second kappa shape index (κ2) is 8.74. The molecule has 0 radical (unpaired) electrons. The molecule has 1 heterocycles. The van der Waals surface area contributed by atoms with Crippen LogP contribution in [0.4, 0.5) is 0 Å². The molecule has 0 bridgehead atoms. The van der Waals surface area contributed by atoms with Crippen molar-refractivity contribution in [3.8, 4) is 11.4 Å². The number of ketones is 1. The Kier molecular flexibility index (Phi) is 6.66. The van der Waals surface area contributed by atoms with Crippen LogP contribution in [-0.2, 0) is 13.0 Å². The Bertz CT molecular complexity index is 888. The van der Waals surface area contributed by atoms with Gasteiger partial charge in [-0.25, -0.2) is 0 Å². The van der Waals surface area contributed by atoms with Crippen molar-refractivity contribution in [3.63, 3.8) is 0 Å². The van der Waals surface area contributed by atoms with E-state index in [1.54, 1.807) is 0 Å². The molecular weight excluding hydrogens is 350 g/mol. The number of nitrogens with zero attached hydrogens (tertiary/aromatic N) is 2. The van der Waals surface area contributed by atoms with Crippen LogP contribution in [0.5, 0.6) is 0 Å². The van der Waals surface area contributed by atoms with Crippen LogP contribution in [0.2, 0.25) is 0 Å². The maximum absolute atomic E-state index is 12.4. The standard InChI is InChI=1S/C20H21N3O2.ClH/c1-13-3-4-14(2)17(11-13)18(24)9-10-19-22-20(23-25-19)16-7-5-15(12-21)6-8-16;/h3-8,11H,9-10,12,21H2,1-2H3;1H. The van der Waals surface area contributed by atoms with Crippen LogP contribution in [0.3, 0.4) is 0 Å². The molecule has 2 aromatic carbocycles. The summed E-state index contributed by atoms with van der Waals surface area (Å²) in [6.45, 7) is 4.43. The zero-order valence-electron chi connectivity index (χ0n) is 14.9. The molecule has 3 aromatic rings. The number of hydrogen-bond donors (Lipinski definition) is 1. The molecule has 5 nitrogen and oxygen atoms in total. The van der Waals surface area contributed by atoms with Gasteiger partial charge in [0.05, 0.1) is 0 Å². The Morgan fingerprint density at radius 2 is 1.85 bits per heavy atom. The number of carbonyl (C=O) groups excluding carboxylic acids is 1. The SMILES string of the molecule is Cc1ccc(C)c(C(=O)CCc2nc(-c3ccc(CN)cc3)no2)c1.Cl. The van der Waals surface area contributed by atoms with Crippen LogP contribution in [0.1, 0.15) is 39.4 Å². The minimum atomic E-state index is 0. The van der Waals surface area contributed by atoms with Gasteiger partial charge in [-0.1, -0.05) is 47.1 Å². The molecule has 0 aliphatic heterocycles. The Hall–Kier alpha value is -2.50. The molecule has 0 aliphatic carbocycles. The second-order valence-electron chi connectivity index (χ2n) is 6.15. The predicted molar refractivity (Wildman–Crippen MR) is 103 cm³/mol. The monoisotopic (exact) mass is 371 g/mol. The quantitative estimate of drug-likeness (QED) is 0.661. The van der Waals surface area contributed by atoms with Crippen LogP contribution in [0.25, 0.3) is 11.4 Å². The van der Waals surface area contributed by atoms with Crippen LogP contribution >= 0.6 is 12.4 Å². The molecule has 0 spiro atoms. The van der Waals surface area contributed by atoms with Crippen molar-refractivity contribution in [3.05, 3.63) is 70.6 Å². The number of carbonyl (C=O) groups is 1. The molecule has 26 heavy (non-hydrogen) atoms. The number of aromatic nitrogens is 2. The summed E-state index contributed by atoms with van der Waals surface area (Å²) >= 11 is 0. The molecule has 3 rings (SSSR count). The number of halogens is 1. The van der Waals surface area contributed by atoms with Crippen molar-refractivity contribution in [2.24, 2.45) is 5.73 Å². The first-order valence-electron chi connectivity index (χ1n) is 8.29. The highest BCUT2D eigenvalue weighted by atomic mass is 35.5. The van der Waals surface area contributed by atoms with Gasteiger partial charge in [0.1, 0.15) is 0 Å². The lowest BCUT2D eigenvalue weighted by Crippen LogP contribution is -2.04. The minimum Gasteiger partial charge on any atom is -0.339 e. The van der Waals surface area contributed by atoms with E-state index in [0.29, 0.717) is 31.1 Å². The van der Waals surface area contributed by atoms with Crippen LogP contribution in [0, 0.1) is 13.8 Å². The molecule has 0 saturated carbocycles. The van der Waals surface area contributed by atoms with Gasteiger partial charge in [-0.15, -0.1) is 12.4 Å². The fraction of sp³-hybridized carbons (Fsp3) is 0.250. The van der Waals surface area contributed by atoms with E-state index in [2.05, 4.69) is 10.1 Å². The molecule has 0 amide bonds. The Morgan fingerprint density at radius 1 is 1.12 bits per heavy atom. The Labute approximate surface area is 159 Å². The number of aryl methyl sites for hydroxylation is 3. The van der Waals surface area contributed by atoms with Gasteiger partial charge in [-0.3, -0.25) is 4.79 Å². The lowest BCUT2D eigenvalue weighted by Gasteiger charge is -2.05. The third kappa shape index (κ3) is 4.56. The highest BCUT2D eigenvalue weighted by molar-refractivity contribution is 5.97. The average Bonchev–Trinajstić information content (AvgIpc) is 3.11. The lowest BCUT2D eigenvalue weighted by atomic mass is 9.99. The average molecular weight is 372 g/mol. The Morgan fingerprint density at radius 3 is 2.54 bits per heavy atom. The molecule has 1 aromatic heterocycles. The highest BCUT2D eigenvalue weighted by Crippen LogP contribution is 2.18. The number of hydrogen-bond acceptors (Lipinski definition) is 5. The van der Waals surface area contributed by atoms with Gasteiger partial charge in [-0.05, 0) is 31.0 Å². The van der Waals surface area contributed by atoms with Crippen molar-refractivity contribution >= 4 is 18.2 Å². The van der Waals surface area contributed by atoms with Crippen molar-refractivity contribution < 1.29 is 9.32 Å². The van der Waals surface area contributed by atoms with E-state index >= 15 is 0 Å². The lowest BCUT2D eigenvalue weighted by molar-refractivity contribution is 0.0979. The minimum absolute atomic E-state index is 0. The molecular formula is C20H22ClN3O2. The van der Waals surface area contributed by atoms with E-state index in [4.69, 9.17) is 10.3 Å². The molecule has 0 aliphatic rings. The van der Waals surface area contributed by atoms with Gasteiger partial charge in [0.2, 0.25) is 11.7 Å². The van der Waals surface area contributed by atoms with Crippen molar-refractivity contribution in [1.82, 2.24) is 10.1 Å². The molecule has 0 saturated heterocycles. The van der Waals surface area contributed by atoms with Crippen molar-refractivity contribution in [2.45, 2.75) is 33.2 Å². The summed E-state index contributed by atoms with van der Waals surface area (Å²) < 4.78 is 5.28. The summed E-state index contributed by atoms with van der Waals surface area (Å²) in [5.41, 5.74) is 10.3. The highest BCUT2D eigenvalue weighted by Gasteiger charge is 2.13. The first-order valence-corrected chi connectivity index (χ1v) is 8.29. The van der Waals surface area contributed by atoms with Gasteiger partial charge in [0.25, 0.3) is 0 Å². The van der Waals surface area contributed by atoms with Gasteiger partial charge in [-0.2, -0.15) is 4.98 Å². The van der Waals surface area contributed by atoms with Gasteiger partial charge < -0.3 is 10.3 Å². The van der Waals surface area contributed by atoms with Crippen LogP contribution in [0.15, 0.2) is 47.0 Å². The van der Waals surface area contributed by atoms with E-state index in [0.717, 1.165) is 27.8 Å².